The molecule has 0 aromatic heterocycles. The molecule has 45 heavy (non-hydrogen) atoms. The maximum Gasteiger partial charge on any atom is 0.143 e. The Kier molecular flexibility index (Phi) is 8.45. The van der Waals surface area contributed by atoms with Gasteiger partial charge in [0.1, 0.15) is 28.8 Å². The molecular weight excluding hydrogens is 565 g/mol. The van der Waals surface area contributed by atoms with E-state index >= 15 is 8.78 Å². The standard InChI is InChI=1S/C41H31F3O/c1-4-5-27-7-11-29(12-8-27)31-15-14-30-21-28(9-13-32(30)22-31)10-18-37-40(44)24-34(25-41(37)45-3)33-16-19-36(39(43)23-33)35-17-6-26(2)20-38(35)42/h6-9,11-17,19-25H,4-5H2,1-3H3. The van der Waals surface area contributed by atoms with Crippen molar-refractivity contribution in [3.63, 3.8) is 0 Å². The van der Waals surface area contributed by atoms with E-state index in [1.807, 2.05) is 18.2 Å². The minimum Gasteiger partial charge on any atom is -0.495 e. The number of ether oxygens (including phenoxy) is 1. The van der Waals surface area contributed by atoms with Crippen LogP contribution in [0.4, 0.5) is 13.2 Å². The van der Waals surface area contributed by atoms with Gasteiger partial charge in [-0.15, -0.1) is 0 Å². The van der Waals surface area contributed by atoms with Gasteiger partial charge in [-0.05, 0) is 100.0 Å². The molecule has 0 N–H and O–H groups in total. The number of methoxy groups -OCH3 is 1. The largest absolute Gasteiger partial charge is 0.495 e. The third kappa shape index (κ3) is 6.35. The van der Waals surface area contributed by atoms with E-state index in [1.54, 1.807) is 31.2 Å². The number of benzene rings is 6. The van der Waals surface area contributed by atoms with Gasteiger partial charge >= 0.3 is 0 Å². The molecular formula is C41H31F3O. The van der Waals surface area contributed by atoms with Crippen molar-refractivity contribution in [3.8, 4) is 51.0 Å². The van der Waals surface area contributed by atoms with E-state index in [2.05, 4.69) is 61.2 Å². The molecule has 0 saturated heterocycles. The third-order valence-corrected chi connectivity index (χ3v) is 7.99. The Balaban J connectivity index is 1.26. The zero-order chi connectivity index (χ0) is 31.5. The van der Waals surface area contributed by atoms with Crippen molar-refractivity contribution in [2.24, 2.45) is 0 Å². The highest BCUT2D eigenvalue weighted by Crippen LogP contribution is 2.34. The quantitative estimate of drug-likeness (QED) is 0.174. The van der Waals surface area contributed by atoms with Crippen molar-refractivity contribution in [2.45, 2.75) is 26.7 Å². The maximum atomic E-state index is 15.4. The summed E-state index contributed by atoms with van der Waals surface area (Å²) in [6, 6.07) is 33.0. The Morgan fingerprint density at radius 2 is 1.20 bits per heavy atom. The Labute approximate surface area is 262 Å². The summed E-state index contributed by atoms with van der Waals surface area (Å²) in [4.78, 5) is 0. The Bertz CT molecular complexity index is 2100. The first-order chi connectivity index (χ1) is 21.8. The zero-order valence-electron chi connectivity index (χ0n) is 25.3. The summed E-state index contributed by atoms with van der Waals surface area (Å²) in [5, 5.41) is 2.12. The van der Waals surface area contributed by atoms with E-state index in [-0.39, 0.29) is 22.4 Å². The van der Waals surface area contributed by atoms with Crippen LogP contribution in [0.1, 0.15) is 35.6 Å². The van der Waals surface area contributed by atoms with E-state index in [0.29, 0.717) is 11.1 Å². The lowest BCUT2D eigenvalue weighted by Crippen LogP contribution is -1.95. The fourth-order valence-corrected chi connectivity index (χ4v) is 5.57. The molecule has 0 aliphatic heterocycles. The van der Waals surface area contributed by atoms with Gasteiger partial charge in [-0.1, -0.05) is 91.9 Å². The minimum absolute atomic E-state index is 0.113. The molecule has 0 radical (unpaired) electrons. The summed E-state index contributed by atoms with van der Waals surface area (Å²) in [6.45, 7) is 3.95. The third-order valence-electron chi connectivity index (χ3n) is 7.99. The Morgan fingerprint density at radius 1 is 0.578 bits per heavy atom. The van der Waals surface area contributed by atoms with Crippen LogP contribution in [0.15, 0.2) is 109 Å². The number of rotatable bonds is 6. The van der Waals surface area contributed by atoms with Gasteiger partial charge in [-0.3, -0.25) is 0 Å². The van der Waals surface area contributed by atoms with Crippen LogP contribution in [0.25, 0.3) is 44.2 Å². The second-order valence-electron chi connectivity index (χ2n) is 11.2. The van der Waals surface area contributed by atoms with Gasteiger partial charge in [0, 0.05) is 16.7 Å². The van der Waals surface area contributed by atoms with Crippen molar-refractivity contribution >= 4 is 10.8 Å². The van der Waals surface area contributed by atoms with E-state index in [0.717, 1.165) is 40.3 Å². The summed E-state index contributed by atoms with van der Waals surface area (Å²) >= 11 is 0. The molecule has 6 aromatic rings. The summed E-state index contributed by atoms with van der Waals surface area (Å²) in [7, 11) is 1.44. The van der Waals surface area contributed by atoms with E-state index < -0.39 is 17.5 Å². The average molecular weight is 597 g/mol. The highest BCUT2D eigenvalue weighted by molar-refractivity contribution is 5.88. The number of hydrogen-bond donors (Lipinski definition) is 0. The molecule has 0 aliphatic carbocycles. The van der Waals surface area contributed by atoms with Crippen LogP contribution in [0.5, 0.6) is 5.75 Å². The first kappa shape index (κ1) is 29.8. The van der Waals surface area contributed by atoms with E-state index in [9.17, 15) is 4.39 Å². The van der Waals surface area contributed by atoms with Gasteiger partial charge in [0.25, 0.3) is 0 Å². The average Bonchev–Trinajstić information content (AvgIpc) is 3.04. The summed E-state index contributed by atoms with van der Waals surface area (Å²) in [6.07, 6.45) is 2.20. The molecule has 0 heterocycles. The first-order valence-corrected chi connectivity index (χ1v) is 14.9. The van der Waals surface area contributed by atoms with Crippen LogP contribution in [0, 0.1) is 36.2 Å². The van der Waals surface area contributed by atoms with Crippen molar-refractivity contribution in [3.05, 3.63) is 149 Å². The number of halogens is 3. The van der Waals surface area contributed by atoms with Crippen molar-refractivity contribution in [2.75, 3.05) is 7.11 Å². The lowest BCUT2D eigenvalue weighted by atomic mass is 9.97. The molecule has 0 amide bonds. The normalized spacial score (nSPS) is 10.9. The van der Waals surface area contributed by atoms with Crippen LogP contribution in [-0.4, -0.2) is 7.11 Å². The lowest BCUT2D eigenvalue weighted by molar-refractivity contribution is 0.410. The summed E-state index contributed by atoms with van der Waals surface area (Å²) in [5.74, 6) is 4.56. The zero-order valence-corrected chi connectivity index (χ0v) is 25.3. The monoisotopic (exact) mass is 596 g/mol. The second-order valence-corrected chi connectivity index (χ2v) is 11.2. The van der Waals surface area contributed by atoms with Gasteiger partial charge in [-0.25, -0.2) is 13.2 Å². The van der Waals surface area contributed by atoms with Crippen LogP contribution in [0.3, 0.4) is 0 Å². The Morgan fingerprint density at radius 3 is 1.91 bits per heavy atom. The predicted octanol–water partition coefficient (Wildman–Crippen LogP) is 10.9. The molecule has 6 aromatic carbocycles. The fraction of sp³-hybridized carbons (Fsp3) is 0.122. The van der Waals surface area contributed by atoms with Crippen LogP contribution in [-0.2, 0) is 6.42 Å². The highest BCUT2D eigenvalue weighted by Gasteiger charge is 2.15. The van der Waals surface area contributed by atoms with Gasteiger partial charge in [-0.2, -0.15) is 0 Å². The number of aryl methyl sites for hydroxylation is 2. The second kappa shape index (κ2) is 12.8. The van der Waals surface area contributed by atoms with E-state index in [4.69, 9.17) is 4.74 Å². The SMILES string of the molecule is CCCc1ccc(-c2ccc3cc(C#Cc4c(F)cc(-c5ccc(-c6ccc(C)cc6F)c(F)c5)cc4OC)ccc3c2)cc1. The molecule has 0 saturated carbocycles. The molecule has 0 aliphatic rings. The molecule has 0 fully saturated rings. The van der Waals surface area contributed by atoms with Crippen LogP contribution < -0.4 is 4.74 Å². The first-order valence-electron chi connectivity index (χ1n) is 14.9. The van der Waals surface area contributed by atoms with Crippen molar-refractivity contribution in [1.29, 1.82) is 0 Å². The number of fused-ring (bicyclic) bond motifs is 1. The van der Waals surface area contributed by atoms with Crippen molar-refractivity contribution < 1.29 is 17.9 Å². The molecule has 6 rings (SSSR count). The minimum atomic E-state index is -0.605. The molecule has 0 unspecified atom stereocenters. The van der Waals surface area contributed by atoms with Gasteiger partial charge in [0.2, 0.25) is 0 Å². The summed E-state index contributed by atoms with van der Waals surface area (Å²) < 4.78 is 50.5. The van der Waals surface area contributed by atoms with Crippen molar-refractivity contribution in [1.82, 2.24) is 0 Å². The molecule has 0 atom stereocenters. The van der Waals surface area contributed by atoms with Gasteiger partial charge in [0.05, 0.1) is 7.11 Å². The fourth-order valence-electron chi connectivity index (χ4n) is 5.57. The predicted molar refractivity (Wildman–Crippen MR) is 178 cm³/mol. The van der Waals surface area contributed by atoms with Crippen LogP contribution in [0.2, 0.25) is 0 Å². The molecule has 0 spiro atoms. The van der Waals surface area contributed by atoms with Gasteiger partial charge in [0.15, 0.2) is 0 Å². The number of hydrogen-bond acceptors (Lipinski definition) is 1. The molecule has 4 heteroatoms. The van der Waals surface area contributed by atoms with Gasteiger partial charge < -0.3 is 4.74 Å². The summed E-state index contributed by atoms with van der Waals surface area (Å²) in [5.41, 5.74) is 6.43. The molecule has 222 valence electrons. The topological polar surface area (TPSA) is 9.23 Å². The van der Waals surface area contributed by atoms with Crippen LogP contribution >= 0.6 is 0 Å². The highest BCUT2D eigenvalue weighted by atomic mass is 19.1. The molecule has 0 bridgehead atoms. The smallest absolute Gasteiger partial charge is 0.143 e. The maximum absolute atomic E-state index is 15.4. The molecule has 1 nitrogen and oxygen atoms in total. The Hall–Kier alpha value is -5.27. The lowest BCUT2D eigenvalue weighted by Gasteiger charge is -2.11. The van der Waals surface area contributed by atoms with E-state index in [1.165, 1.54) is 42.5 Å².